The van der Waals surface area contributed by atoms with Crippen LogP contribution in [-0.2, 0) is 7.05 Å². The van der Waals surface area contributed by atoms with Crippen LogP contribution in [-0.4, -0.2) is 52.4 Å². The van der Waals surface area contributed by atoms with E-state index in [4.69, 9.17) is 0 Å². The van der Waals surface area contributed by atoms with Crippen molar-refractivity contribution in [2.24, 2.45) is 12.0 Å². The summed E-state index contributed by atoms with van der Waals surface area (Å²) < 4.78 is 1.74. The summed E-state index contributed by atoms with van der Waals surface area (Å²) in [6, 6.07) is 4.25. The molecule has 0 aromatic carbocycles. The highest BCUT2D eigenvalue weighted by Gasteiger charge is 2.08. The fraction of sp³-hybridized carbons (Fsp3) is 0.412. The quantitative estimate of drug-likeness (QED) is 0.200. The molecule has 0 spiro atoms. The Hall–Kier alpha value is -1.95. The number of aryl methyl sites for hydroxylation is 1. The number of guanidine groups is 1. The molecule has 0 bridgehead atoms. The van der Waals surface area contributed by atoms with Crippen LogP contribution >= 0.6 is 35.3 Å². The maximum absolute atomic E-state index is 4.30. The van der Waals surface area contributed by atoms with Gasteiger partial charge in [0.2, 0.25) is 0 Å². The van der Waals surface area contributed by atoms with Crippen LogP contribution in [0.25, 0.3) is 11.0 Å². The Morgan fingerprint density at radius 1 is 1.30 bits per heavy atom. The fourth-order valence-electron chi connectivity index (χ4n) is 2.61. The Kier molecular flexibility index (Phi) is 8.23. The normalized spacial score (nSPS) is 12.5. The number of fused-ring (bicyclic) bond motifs is 1. The Labute approximate surface area is 179 Å². The summed E-state index contributed by atoms with van der Waals surface area (Å²) in [5, 5.41) is 17.2. The molecule has 3 N–H and O–H groups in total. The lowest BCUT2D eigenvalue weighted by molar-refractivity contribution is 0.710. The molecule has 0 amide bonds. The third kappa shape index (κ3) is 5.51. The summed E-state index contributed by atoms with van der Waals surface area (Å²) in [6.45, 7) is 4.48. The van der Waals surface area contributed by atoms with Gasteiger partial charge in [-0.25, -0.2) is 9.97 Å². The van der Waals surface area contributed by atoms with E-state index in [9.17, 15) is 0 Å². The minimum Gasteiger partial charge on any atom is -0.368 e. The first-order chi connectivity index (χ1) is 12.7. The molecule has 146 valence electrons. The first-order valence-electron chi connectivity index (χ1n) is 8.53. The van der Waals surface area contributed by atoms with E-state index in [1.807, 2.05) is 7.05 Å². The number of hydrogen-bond acceptors (Lipinski definition) is 6. The van der Waals surface area contributed by atoms with E-state index in [1.165, 1.54) is 4.88 Å². The van der Waals surface area contributed by atoms with Crippen molar-refractivity contribution in [1.82, 2.24) is 30.4 Å². The summed E-state index contributed by atoms with van der Waals surface area (Å²) in [6.07, 6.45) is 3.32. The molecule has 3 heterocycles. The van der Waals surface area contributed by atoms with Crippen molar-refractivity contribution in [3.63, 3.8) is 0 Å². The first kappa shape index (κ1) is 21.4. The molecule has 10 heteroatoms. The molecular formula is C17H25IN8S. The molecule has 0 aliphatic carbocycles. The lowest BCUT2D eigenvalue weighted by atomic mass is 10.1. The second kappa shape index (κ2) is 10.4. The van der Waals surface area contributed by atoms with Gasteiger partial charge in [0.15, 0.2) is 11.6 Å². The average molecular weight is 500 g/mol. The number of aromatic nitrogens is 4. The summed E-state index contributed by atoms with van der Waals surface area (Å²) in [5.74, 6) is 2.04. The highest BCUT2D eigenvalue weighted by Crippen LogP contribution is 2.19. The van der Waals surface area contributed by atoms with Crippen molar-refractivity contribution in [2.45, 2.75) is 12.8 Å². The predicted molar refractivity (Wildman–Crippen MR) is 122 cm³/mol. The van der Waals surface area contributed by atoms with Gasteiger partial charge in [-0.2, -0.15) is 5.10 Å². The number of nitrogens with zero attached hydrogens (tertiary/aromatic N) is 5. The summed E-state index contributed by atoms with van der Waals surface area (Å²) in [7, 11) is 3.65. The Bertz CT molecular complexity index is 861. The van der Waals surface area contributed by atoms with Gasteiger partial charge in [0.25, 0.3) is 0 Å². The van der Waals surface area contributed by atoms with Crippen LogP contribution in [0.1, 0.15) is 17.7 Å². The van der Waals surface area contributed by atoms with Crippen molar-refractivity contribution < 1.29 is 0 Å². The van der Waals surface area contributed by atoms with Crippen LogP contribution in [0.2, 0.25) is 0 Å². The molecule has 1 atom stereocenters. The van der Waals surface area contributed by atoms with Gasteiger partial charge < -0.3 is 16.0 Å². The Balaban J connectivity index is 0.00000261. The molecular weight excluding hydrogens is 475 g/mol. The van der Waals surface area contributed by atoms with Crippen molar-refractivity contribution in [3.8, 4) is 0 Å². The van der Waals surface area contributed by atoms with Gasteiger partial charge in [-0.05, 0) is 11.4 Å². The van der Waals surface area contributed by atoms with Gasteiger partial charge in [-0.1, -0.05) is 13.0 Å². The van der Waals surface area contributed by atoms with E-state index >= 15 is 0 Å². The smallest absolute Gasteiger partial charge is 0.191 e. The molecule has 0 aliphatic rings. The summed E-state index contributed by atoms with van der Waals surface area (Å²) in [5.41, 5.74) is 0.815. The standard InChI is InChI=1S/C17H24N8S.HI/c1-12(14-5-4-8-26-14)9-21-17(18-2)20-7-6-19-15-13-10-24-25(3)16(13)23-11-22-15;/h4-5,8,10-12H,6-7,9H2,1-3H3,(H2,18,20,21)(H,19,22,23);1H. The number of nitrogens with one attached hydrogen (secondary N) is 3. The Morgan fingerprint density at radius 2 is 2.15 bits per heavy atom. The van der Waals surface area contributed by atoms with E-state index in [0.29, 0.717) is 12.5 Å². The molecule has 0 saturated carbocycles. The van der Waals surface area contributed by atoms with Crippen LogP contribution < -0.4 is 16.0 Å². The van der Waals surface area contributed by atoms with Gasteiger partial charge in [0.1, 0.15) is 12.1 Å². The van der Waals surface area contributed by atoms with Crippen LogP contribution in [0.5, 0.6) is 0 Å². The van der Waals surface area contributed by atoms with Gasteiger partial charge in [0, 0.05) is 44.5 Å². The van der Waals surface area contributed by atoms with Crippen molar-refractivity contribution in [3.05, 3.63) is 34.9 Å². The maximum atomic E-state index is 4.30. The number of halogens is 1. The molecule has 3 aromatic rings. The zero-order valence-electron chi connectivity index (χ0n) is 15.6. The van der Waals surface area contributed by atoms with Crippen molar-refractivity contribution in [1.29, 1.82) is 0 Å². The summed E-state index contributed by atoms with van der Waals surface area (Å²) in [4.78, 5) is 14.2. The second-order valence-electron chi connectivity index (χ2n) is 5.95. The van der Waals surface area contributed by atoms with Crippen molar-refractivity contribution >= 4 is 58.1 Å². The number of anilines is 1. The number of thiophene rings is 1. The molecule has 0 radical (unpaired) electrons. The Morgan fingerprint density at radius 3 is 2.89 bits per heavy atom. The largest absolute Gasteiger partial charge is 0.368 e. The van der Waals surface area contributed by atoms with Crippen molar-refractivity contribution in [2.75, 3.05) is 32.0 Å². The first-order valence-corrected chi connectivity index (χ1v) is 9.41. The summed E-state index contributed by atoms with van der Waals surface area (Å²) >= 11 is 1.78. The third-order valence-electron chi connectivity index (χ3n) is 4.07. The molecule has 3 aromatic heterocycles. The molecule has 0 fully saturated rings. The lowest BCUT2D eigenvalue weighted by Crippen LogP contribution is -2.40. The van der Waals surface area contributed by atoms with Crippen LogP contribution in [0, 0.1) is 0 Å². The SMILES string of the molecule is CN=C(NCCNc1ncnc2c1cnn2C)NCC(C)c1cccs1.I. The minimum absolute atomic E-state index is 0. The molecule has 0 aliphatic heterocycles. The molecule has 8 nitrogen and oxygen atoms in total. The lowest BCUT2D eigenvalue weighted by Gasteiger charge is -2.15. The highest BCUT2D eigenvalue weighted by atomic mass is 127. The number of hydrogen-bond donors (Lipinski definition) is 3. The van der Waals surface area contributed by atoms with E-state index < -0.39 is 0 Å². The third-order valence-corrected chi connectivity index (χ3v) is 5.17. The zero-order chi connectivity index (χ0) is 18.4. The monoisotopic (exact) mass is 500 g/mol. The number of rotatable bonds is 7. The van der Waals surface area contributed by atoms with Gasteiger partial charge in [0.05, 0.1) is 11.6 Å². The van der Waals surface area contributed by atoms with E-state index in [1.54, 1.807) is 35.6 Å². The van der Waals surface area contributed by atoms with Gasteiger partial charge in [-0.15, -0.1) is 35.3 Å². The van der Waals surface area contributed by atoms with E-state index in [0.717, 1.165) is 35.9 Å². The predicted octanol–water partition coefficient (Wildman–Crippen LogP) is 2.42. The topological polar surface area (TPSA) is 92.1 Å². The second-order valence-corrected chi connectivity index (χ2v) is 6.93. The van der Waals surface area contributed by atoms with E-state index in [-0.39, 0.29) is 24.0 Å². The molecule has 27 heavy (non-hydrogen) atoms. The van der Waals surface area contributed by atoms with Gasteiger partial charge >= 0.3 is 0 Å². The number of aliphatic imine (C=N–C) groups is 1. The molecule has 3 rings (SSSR count). The fourth-order valence-corrected chi connectivity index (χ4v) is 3.39. The molecule has 1 unspecified atom stereocenters. The van der Waals surface area contributed by atoms with E-state index in [2.05, 4.69) is 60.4 Å². The highest BCUT2D eigenvalue weighted by molar-refractivity contribution is 14.0. The van der Waals surface area contributed by atoms with Crippen LogP contribution in [0.15, 0.2) is 35.0 Å². The zero-order valence-corrected chi connectivity index (χ0v) is 18.8. The van der Waals surface area contributed by atoms with Crippen LogP contribution in [0.3, 0.4) is 0 Å². The molecule has 0 saturated heterocycles. The minimum atomic E-state index is 0. The average Bonchev–Trinajstić information content (AvgIpc) is 3.32. The van der Waals surface area contributed by atoms with Crippen LogP contribution in [0.4, 0.5) is 5.82 Å². The van der Waals surface area contributed by atoms with Gasteiger partial charge in [-0.3, -0.25) is 9.67 Å². The maximum Gasteiger partial charge on any atom is 0.191 e.